The molecule has 0 aliphatic heterocycles. The van der Waals surface area contributed by atoms with Crippen LogP contribution < -0.4 is 19.1 Å². The molecule has 0 saturated heterocycles. The standard InChI is InChI=1S/C26H28N2O6S/c1-17-11-18(2)13-22(12-17)28(16-26(30)27-21-8-6-7-20(14-21)19(3)29)35(31,32)23-9-10-24(33-4)25(15-23)34-5/h6-15H,16H2,1-5H3,(H,27,30). The molecule has 0 aromatic heterocycles. The number of rotatable bonds is 9. The van der Waals surface area contributed by atoms with Crippen molar-refractivity contribution in [3.05, 3.63) is 77.4 Å². The number of carbonyl (C=O) groups excluding carboxylic acids is 2. The van der Waals surface area contributed by atoms with Gasteiger partial charge in [-0.25, -0.2) is 8.42 Å². The van der Waals surface area contributed by atoms with Crippen LogP contribution in [0.3, 0.4) is 0 Å². The summed E-state index contributed by atoms with van der Waals surface area (Å²) in [6, 6.07) is 16.0. The van der Waals surface area contributed by atoms with Crippen LogP contribution in [0.4, 0.5) is 11.4 Å². The second-order valence-electron chi connectivity index (χ2n) is 8.06. The fourth-order valence-corrected chi connectivity index (χ4v) is 5.08. The Bertz CT molecular complexity index is 1350. The number of sulfonamides is 1. The van der Waals surface area contributed by atoms with Gasteiger partial charge in [-0.2, -0.15) is 0 Å². The highest BCUT2D eigenvalue weighted by molar-refractivity contribution is 7.92. The van der Waals surface area contributed by atoms with Gasteiger partial charge >= 0.3 is 0 Å². The average Bonchev–Trinajstić information content (AvgIpc) is 2.81. The van der Waals surface area contributed by atoms with Crippen LogP contribution in [-0.4, -0.2) is 40.9 Å². The van der Waals surface area contributed by atoms with Crippen molar-refractivity contribution in [1.29, 1.82) is 0 Å². The third-order valence-corrected chi connectivity index (χ3v) is 7.05. The zero-order valence-electron chi connectivity index (χ0n) is 20.3. The monoisotopic (exact) mass is 496 g/mol. The number of methoxy groups -OCH3 is 2. The first-order chi connectivity index (χ1) is 16.5. The average molecular weight is 497 g/mol. The van der Waals surface area contributed by atoms with E-state index < -0.39 is 22.5 Å². The van der Waals surface area contributed by atoms with Gasteiger partial charge in [0.2, 0.25) is 5.91 Å². The molecule has 8 nitrogen and oxygen atoms in total. The van der Waals surface area contributed by atoms with Crippen LogP contribution in [-0.2, 0) is 14.8 Å². The molecule has 0 aliphatic rings. The van der Waals surface area contributed by atoms with Crippen molar-refractivity contribution < 1.29 is 27.5 Å². The lowest BCUT2D eigenvalue weighted by Gasteiger charge is -2.25. The molecule has 3 aromatic rings. The summed E-state index contributed by atoms with van der Waals surface area (Å²) >= 11 is 0. The van der Waals surface area contributed by atoms with Gasteiger partial charge < -0.3 is 14.8 Å². The van der Waals surface area contributed by atoms with Crippen molar-refractivity contribution >= 4 is 33.1 Å². The molecule has 0 fully saturated rings. The Labute approximate surface area is 205 Å². The summed E-state index contributed by atoms with van der Waals surface area (Å²) < 4.78 is 39.1. The fourth-order valence-electron chi connectivity index (χ4n) is 3.66. The number of ether oxygens (including phenoxy) is 2. The van der Waals surface area contributed by atoms with E-state index in [0.717, 1.165) is 15.4 Å². The number of nitrogens with one attached hydrogen (secondary N) is 1. The largest absolute Gasteiger partial charge is 0.493 e. The highest BCUT2D eigenvalue weighted by atomic mass is 32.2. The highest BCUT2D eigenvalue weighted by Gasteiger charge is 2.29. The van der Waals surface area contributed by atoms with Gasteiger partial charge in [-0.05, 0) is 68.3 Å². The maximum atomic E-state index is 13.8. The summed E-state index contributed by atoms with van der Waals surface area (Å²) in [5.41, 5.74) is 2.88. The van der Waals surface area contributed by atoms with Crippen LogP contribution >= 0.6 is 0 Å². The molecule has 35 heavy (non-hydrogen) atoms. The zero-order chi connectivity index (χ0) is 25.8. The van der Waals surface area contributed by atoms with Crippen molar-refractivity contribution in [3.63, 3.8) is 0 Å². The summed E-state index contributed by atoms with van der Waals surface area (Å²) in [6.07, 6.45) is 0. The van der Waals surface area contributed by atoms with Gasteiger partial charge in [0.25, 0.3) is 10.0 Å². The number of hydrogen-bond acceptors (Lipinski definition) is 6. The number of nitrogens with zero attached hydrogens (tertiary/aromatic N) is 1. The summed E-state index contributed by atoms with van der Waals surface area (Å²) in [7, 11) is -1.30. The Morgan fingerprint density at radius 1 is 0.886 bits per heavy atom. The zero-order valence-corrected chi connectivity index (χ0v) is 21.1. The van der Waals surface area contributed by atoms with Crippen molar-refractivity contribution in [2.24, 2.45) is 0 Å². The molecule has 0 heterocycles. The molecule has 1 N–H and O–H groups in total. The van der Waals surface area contributed by atoms with E-state index in [0.29, 0.717) is 22.7 Å². The molecule has 3 rings (SSSR count). The fraction of sp³-hybridized carbons (Fsp3) is 0.231. The molecule has 184 valence electrons. The van der Waals surface area contributed by atoms with Crippen molar-refractivity contribution in [1.82, 2.24) is 0 Å². The molecule has 0 bridgehead atoms. The van der Waals surface area contributed by atoms with Gasteiger partial charge in [0, 0.05) is 17.3 Å². The number of ketones is 1. The van der Waals surface area contributed by atoms with Crippen LogP contribution in [0.2, 0.25) is 0 Å². The van der Waals surface area contributed by atoms with E-state index in [4.69, 9.17) is 9.47 Å². The predicted molar refractivity (Wildman–Crippen MR) is 135 cm³/mol. The SMILES string of the molecule is COc1ccc(S(=O)(=O)N(CC(=O)Nc2cccc(C(C)=O)c2)c2cc(C)cc(C)c2)cc1OC. The summed E-state index contributed by atoms with van der Waals surface area (Å²) in [6.45, 7) is 4.65. The number of Topliss-reactive ketones (excluding diaryl/α,β-unsaturated/α-hetero) is 1. The molecule has 1 amide bonds. The lowest BCUT2D eigenvalue weighted by Crippen LogP contribution is -2.38. The molecule has 3 aromatic carbocycles. The highest BCUT2D eigenvalue weighted by Crippen LogP contribution is 2.32. The lowest BCUT2D eigenvalue weighted by molar-refractivity contribution is -0.114. The summed E-state index contributed by atoms with van der Waals surface area (Å²) in [4.78, 5) is 24.6. The van der Waals surface area contributed by atoms with Crippen LogP contribution in [0, 0.1) is 13.8 Å². The first-order valence-corrected chi connectivity index (χ1v) is 12.2. The van der Waals surface area contributed by atoms with E-state index in [9.17, 15) is 18.0 Å². The Morgan fingerprint density at radius 3 is 2.14 bits per heavy atom. The minimum absolute atomic E-state index is 0.0549. The van der Waals surface area contributed by atoms with Gasteiger partial charge in [0.05, 0.1) is 24.8 Å². The topological polar surface area (TPSA) is 102 Å². The van der Waals surface area contributed by atoms with Gasteiger partial charge in [-0.15, -0.1) is 0 Å². The number of benzene rings is 3. The number of hydrogen-bond donors (Lipinski definition) is 1. The van der Waals surface area contributed by atoms with E-state index in [1.165, 1.54) is 39.3 Å². The van der Waals surface area contributed by atoms with Gasteiger partial charge in [0.15, 0.2) is 17.3 Å². The second-order valence-corrected chi connectivity index (χ2v) is 9.92. The Balaban J connectivity index is 2.02. The Morgan fingerprint density at radius 2 is 1.54 bits per heavy atom. The smallest absolute Gasteiger partial charge is 0.264 e. The van der Waals surface area contributed by atoms with E-state index in [-0.39, 0.29) is 16.4 Å². The number of aryl methyl sites for hydroxylation is 2. The predicted octanol–water partition coefficient (Wildman–Crippen LogP) is 4.36. The second kappa shape index (κ2) is 10.6. The molecule has 0 aliphatic carbocycles. The molecule has 0 radical (unpaired) electrons. The number of amides is 1. The summed E-state index contributed by atoms with van der Waals surface area (Å²) in [5, 5.41) is 2.69. The normalized spacial score (nSPS) is 11.0. The molecule has 0 atom stereocenters. The minimum Gasteiger partial charge on any atom is -0.493 e. The first kappa shape index (κ1) is 25.8. The van der Waals surface area contributed by atoms with Gasteiger partial charge in [-0.3, -0.25) is 13.9 Å². The summed E-state index contributed by atoms with van der Waals surface area (Å²) in [5.74, 6) is -0.0742. The lowest BCUT2D eigenvalue weighted by atomic mass is 10.1. The van der Waals surface area contributed by atoms with Crippen molar-refractivity contribution in [2.45, 2.75) is 25.7 Å². The van der Waals surface area contributed by atoms with Gasteiger partial charge in [0.1, 0.15) is 6.54 Å². The van der Waals surface area contributed by atoms with E-state index in [1.807, 2.05) is 19.9 Å². The van der Waals surface area contributed by atoms with Crippen LogP contribution in [0.15, 0.2) is 65.6 Å². The van der Waals surface area contributed by atoms with Crippen molar-refractivity contribution in [2.75, 3.05) is 30.4 Å². The molecule has 0 saturated carbocycles. The van der Waals surface area contributed by atoms with Crippen LogP contribution in [0.5, 0.6) is 11.5 Å². The maximum Gasteiger partial charge on any atom is 0.264 e. The van der Waals surface area contributed by atoms with E-state index in [2.05, 4.69) is 5.32 Å². The molecular formula is C26H28N2O6S. The third-order valence-electron chi connectivity index (χ3n) is 5.28. The molecule has 0 spiro atoms. The van der Waals surface area contributed by atoms with Gasteiger partial charge in [-0.1, -0.05) is 18.2 Å². The Kier molecular flexibility index (Phi) is 7.81. The third kappa shape index (κ3) is 5.99. The Hall–Kier alpha value is -3.85. The van der Waals surface area contributed by atoms with Crippen LogP contribution in [0.1, 0.15) is 28.4 Å². The van der Waals surface area contributed by atoms with Crippen molar-refractivity contribution in [3.8, 4) is 11.5 Å². The van der Waals surface area contributed by atoms with E-state index >= 15 is 0 Å². The van der Waals surface area contributed by atoms with Crippen LogP contribution in [0.25, 0.3) is 0 Å². The molecule has 0 unspecified atom stereocenters. The number of carbonyl (C=O) groups is 2. The van der Waals surface area contributed by atoms with E-state index in [1.54, 1.807) is 36.4 Å². The minimum atomic E-state index is -4.17. The maximum absolute atomic E-state index is 13.8. The number of anilines is 2. The molecule has 9 heteroatoms. The first-order valence-electron chi connectivity index (χ1n) is 10.8. The molecular weight excluding hydrogens is 468 g/mol. The quantitative estimate of drug-likeness (QED) is 0.442.